The summed E-state index contributed by atoms with van der Waals surface area (Å²) in [6.07, 6.45) is 3.84. The highest BCUT2D eigenvalue weighted by Gasteiger charge is 2.11. The number of piperidine rings is 1. The Balaban J connectivity index is 0.000000286. The third kappa shape index (κ3) is 5.79. The van der Waals surface area contributed by atoms with Crippen molar-refractivity contribution < 1.29 is 24.2 Å². The number of halogens is 1. The molecule has 0 bridgehead atoms. The van der Waals surface area contributed by atoms with E-state index in [4.69, 9.17) is 19.8 Å². The molecule has 1 heterocycles. The highest BCUT2D eigenvalue weighted by molar-refractivity contribution is 6.27. The average Bonchev–Trinajstić information content (AvgIpc) is 2.43. The predicted octanol–water partition coefficient (Wildman–Crippen LogP) is 1.97. The van der Waals surface area contributed by atoms with Gasteiger partial charge in [-0.1, -0.05) is 24.6 Å². The first-order valence-electron chi connectivity index (χ1n) is 6.42. The molecule has 2 N–H and O–H groups in total. The van der Waals surface area contributed by atoms with Crippen LogP contribution in [-0.4, -0.2) is 40.1 Å². The highest BCUT2D eigenvalue weighted by Crippen LogP contribution is 2.14. The van der Waals surface area contributed by atoms with Crippen LogP contribution in [0.4, 0.5) is 4.39 Å². The Morgan fingerprint density at radius 2 is 1.60 bits per heavy atom. The van der Waals surface area contributed by atoms with Crippen LogP contribution < -0.4 is 0 Å². The summed E-state index contributed by atoms with van der Waals surface area (Å²) < 4.78 is 13.3. The van der Waals surface area contributed by atoms with E-state index in [1.54, 1.807) is 12.1 Å². The van der Waals surface area contributed by atoms with Crippen molar-refractivity contribution in [2.45, 2.75) is 25.8 Å². The van der Waals surface area contributed by atoms with E-state index < -0.39 is 11.9 Å². The number of likely N-dealkylation sites (tertiary alicyclic amines) is 1. The van der Waals surface area contributed by atoms with E-state index in [-0.39, 0.29) is 5.82 Å². The van der Waals surface area contributed by atoms with Crippen LogP contribution in [0.1, 0.15) is 24.8 Å². The summed E-state index contributed by atoms with van der Waals surface area (Å²) in [4.78, 5) is 20.5. The molecule has 1 aromatic rings. The van der Waals surface area contributed by atoms with E-state index >= 15 is 0 Å². The zero-order chi connectivity index (χ0) is 15.0. The summed E-state index contributed by atoms with van der Waals surface area (Å²) in [6.45, 7) is 3.01. The number of benzene rings is 1. The fraction of sp³-hybridized carbons (Fsp3) is 0.429. The predicted molar refractivity (Wildman–Crippen MR) is 70.8 cm³/mol. The Morgan fingerprint density at radius 3 is 2.10 bits per heavy atom. The molecular weight excluding hydrogens is 265 g/mol. The molecule has 20 heavy (non-hydrogen) atoms. The molecule has 0 aromatic heterocycles. The molecular formula is C14H18FNO4. The molecule has 1 aliphatic heterocycles. The first-order chi connectivity index (χ1) is 9.50. The SMILES string of the molecule is Fc1ccccc1CN1CCCCC1.O=C(O)C(=O)O. The number of carbonyl (C=O) groups is 2. The van der Waals surface area contributed by atoms with Gasteiger partial charge in [0.05, 0.1) is 0 Å². The smallest absolute Gasteiger partial charge is 0.414 e. The first-order valence-corrected chi connectivity index (χ1v) is 6.42. The number of aliphatic carboxylic acids is 2. The number of rotatable bonds is 2. The second-order valence-corrected chi connectivity index (χ2v) is 4.54. The Bertz CT molecular complexity index is 446. The lowest BCUT2D eigenvalue weighted by atomic mass is 10.1. The summed E-state index contributed by atoms with van der Waals surface area (Å²) >= 11 is 0. The van der Waals surface area contributed by atoms with Crippen LogP contribution in [0.15, 0.2) is 24.3 Å². The molecule has 1 aromatic carbocycles. The van der Waals surface area contributed by atoms with E-state index in [0.29, 0.717) is 0 Å². The monoisotopic (exact) mass is 283 g/mol. The molecule has 0 radical (unpaired) electrons. The van der Waals surface area contributed by atoms with Gasteiger partial charge in [-0.25, -0.2) is 14.0 Å². The van der Waals surface area contributed by atoms with Gasteiger partial charge in [0, 0.05) is 12.1 Å². The third-order valence-corrected chi connectivity index (χ3v) is 2.98. The molecule has 110 valence electrons. The second kappa shape index (κ2) is 8.27. The van der Waals surface area contributed by atoms with Gasteiger partial charge in [0.25, 0.3) is 0 Å². The summed E-state index contributed by atoms with van der Waals surface area (Å²) in [6, 6.07) is 7.07. The van der Waals surface area contributed by atoms with Crippen molar-refractivity contribution >= 4 is 11.9 Å². The average molecular weight is 283 g/mol. The quantitative estimate of drug-likeness (QED) is 0.811. The summed E-state index contributed by atoms with van der Waals surface area (Å²) in [5.74, 6) is -3.72. The lowest BCUT2D eigenvalue weighted by Gasteiger charge is -2.26. The van der Waals surface area contributed by atoms with Crippen molar-refractivity contribution in [3.8, 4) is 0 Å². The molecule has 0 aliphatic carbocycles. The van der Waals surface area contributed by atoms with Crippen molar-refractivity contribution in [3.05, 3.63) is 35.6 Å². The van der Waals surface area contributed by atoms with Crippen LogP contribution in [0.25, 0.3) is 0 Å². The van der Waals surface area contributed by atoms with Gasteiger partial charge in [-0.15, -0.1) is 0 Å². The molecule has 1 aliphatic rings. The van der Waals surface area contributed by atoms with Gasteiger partial charge in [0.2, 0.25) is 0 Å². The molecule has 2 rings (SSSR count). The lowest BCUT2D eigenvalue weighted by Crippen LogP contribution is -2.29. The topological polar surface area (TPSA) is 77.8 Å². The minimum absolute atomic E-state index is 0.0712. The lowest BCUT2D eigenvalue weighted by molar-refractivity contribution is -0.159. The fourth-order valence-electron chi connectivity index (χ4n) is 1.99. The number of carboxylic acid groups (broad SMARTS) is 2. The van der Waals surface area contributed by atoms with Crippen LogP contribution in [0.3, 0.4) is 0 Å². The third-order valence-electron chi connectivity index (χ3n) is 2.98. The van der Waals surface area contributed by atoms with Crippen molar-refractivity contribution in [2.75, 3.05) is 13.1 Å². The normalized spacial score (nSPS) is 15.1. The molecule has 0 unspecified atom stereocenters. The largest absolute Gasteiger partial charge is 0.473 e. The van der Waals surface area contributed by atoms with Gasteiger partial charge in [-0.05, 0) is 32.0 Å². The Hall–Kier alpha value is -1.95. The van der Waals surface area contributed by atoms with Crippen molar-refractivity contribution in [1.29, 1.82) is 0 Å². The molecule has 5 nitrogen and oxygen atoms in total. The van der Waals surface area contributed by atoms with Crippen LogP contribution in [0.5, 0.6) is 0 Å². The molecule has 0 spiro atoms. The molecule has 6 heteroatoms. The molecule has 1 fully saturated rings. The van der Waals surface area contributed by atoms with Gasteiger partial charge >= 0.3 is 11.9 Å². The van der Waals surface area contributed by atoms with E-state index in [2.05, 4.69) is 4.90 Å². The standard InChI is InChI=1S/C12H16FN.C2H2O4/c13-12-7-3-2-6-11(12)10-14-8-4-1-5-9-14;3-1(4)2(5)6/h2-3,6-7H,1,4-5,8-10H2;(H,3,4)(H,5,6). The van der Waals surface area contributed by atoms with E-state index in [9.17, 15) is 4.39 Å². The number of nitrogens with zero attached hydrogens (tertiary/aromatic N) is 1. The van der Waals surface area contributed by atoms with Crippen LogP contribution in [0.2, 0.25) is 0 Å². The van der Waals surface area contributed by atoms with Gasteiger partial charge in [0.1, 0.15) is 5.82 Å². The summed E-state index contributed by atoms with van der Waals surface area (Å²) in [5.41, 5.74) is 0.828. The minimum atomic E-state index is -1.82. The maximum absolute atomic E-state index is 13.3. The van der Waals surface area contributed by atoms with Gasteiger partial charge in [0.15, 0.2) is 0 Å². The fourth-order valence-corrected chi connectivity index (χ4v) is 1.99. The molecule has 0 amide bonds. The van der Waals surface area contributed by atoms with E-state index in [0.717, 1.165) is 25.2 Å². The van der Waals surface area contributed by atoms with E-state index in [1.807, 2.05) is 12.1 Å². The van der Waals surface area contributed by atoms with E-state index in [1.165, 1.54) is 19.3 Å². The molecule has 1 saturated heterocycles. The Morgan fingerprint density at radius 1 is 1.05 bits per heavy atom. The van der Waals surface area contributed by atoms with Crippen molar-refractivity contribution in [3.63, 3.8) is 0 Å². The minimum Gasteiger partial charge on any atom is -0.473 e. The van der Waals surface area contributed by atoms with Crippen molar-refractivity contribution in [1.82, 2.24) is 4.90 Å². The van der Waals surface area contributed by atoms with Crippen LogP contribution in [-0.2, 0) is 16.1 Å². The van der Waals surface area contributed by atoms with Crippen molar-refractivity contribution in [2.24, 2.45) is 0 Å². The number of hydrogen-bond acceptors (Lipinski definition) is 3. The number of hydrogen-bond donors (Lipinski definition) is 2. The molecule has 0 atom stereocenters. The second-order valence-electron chi connectivity index (χ2n) is 4.54. The zero-order valence-electron chi connectivity index (χ0n) is 11.1. The number of carboxylic acids is 2. The van der Waals surface area contributed by atoms with Crippen LogP contribution >= 0.6 is 0 Å². The maximum Gasteiger partial charge on any atom is 0.414 e. The first kappa shape index (κ1) is 16.1. The summed E-state index contributed by atoms with van der Waals surface area (Å²) in [5, 5.41) is 14.8. The highest BCUT2D eigenvalue weighted by atomic mass is 19.1. The van der Waals surface area contributed by atoms with Gasteiger partial charge in [-0.2, -0.15) is 0 Å². The Kier molecular flexibility index (Phi) is 6.66. The Labute approximate surface area is 116 Å². The van der Waals surface area contributed by atoms with Gasteiger partial charge < -0.3 is 10.2 Å². The van der Waals surface area contributed by atoms with Crippen LogP contribution in [0, 0.1) is 5.82 Å². The molecule has 0 saturated carbocycles. The summed E-state index contributed by atoms with van der Waals surface area (Å²) in [7, 11) is 0. The zero-order valence-corrected chi connectivity index (χ0v) is 11.1. The van der Waals surface area contributed by atoms with Gasteiger partial charge in [-0.3, -0.25) is 4.90 Å². The maximum atomic E-state index is 13.3.